The van der Waals surface area contributed by atoms with Crippen molar-refractivity contribution in [3.63, 3.8) is 0 Å². The summed E-state index contributed by atoms with van der Waals surface area (Å²) in [5.41, 5.74) is 3.81. The molecule has 0 unspecified atom stereocenters. The predicted molar refractivity (Wildman–Crippen MR) is 115 cm³/mol. The number of nitrogens with one attached hydrogen (secondary N) is 1. The lowest BCUT2D eigenvalue weighted by molar-refractivity contribution is -0.118. The Morgan fingerprint density at radius 3 is 2.60 bits per heavy atom. The molecule has 152 valence electrons. The van der Waals surface area contributed by atoms with Gasteiger partial charge in [0, 0.05) is 24.1 Å². The number of amides is 1. The standard InChI is InChI=1S/C22H19FN4O2S/c1-14-3-5-15(6-4-14)19-13-30-22(24-19)18-11-20(27(2)26-18)25-21(28)12-29-17-9-7-16(23)8-10-17/h3-11,13H,12H2,1-2H3,(H,25,28). The van der Waals surface area contributed by atoms with Gasteiger partial charge >= 0.3 is 0 Å². The van der Waals surface area contributed by atoms with Crippen LogP contribution >= 0.6 is 11.3 Å². The Balaban J connectivity index is 1.42. The molecule has 0 spiro atoms. The summed E-state index contributed by atoms with van der Waals surface area (Å²) in [6, 6.07) is 15.5. The number of carbonyl (C=O) groups is 1. The largest absolute Gasteiger partial charge is 0.484 e. The summed E-state index contributed by atoms with van der Waals surface area (Å²) < 4.78 is 19.9. The first-order valence-corrected chi connectivity index (χ1v) is 10.1. The third kappa shape index (κ3) is 4.55. The molecule has 30 heavy (non-hydrogen) atoms. The maximum Gasteiger partial charge on any atom is 0.263 e. The average Bonchev–Trinajstić information content (AvgIpc) is 3.36. The molecule has 8 heteroatoms. The number of aromatic nitrogens is 3. The highest BCUT2D eigenvalue weighted by atomic mass is 32.1. The van der Waals surface area contributed by atoms with Crippen LogP contribution in [0, 0.1) is 12.7 Å². The van der Waals surface area contributed by atoms with E-state index in [1.807, 2.05) is 24.4 Å². The zero-order chi connectivity index (χ0) is 21.1. The summed E-state index contributed by atoms with van der Waals surface area (Å²) in [4.78, 5) is 16.9. The van der Waals surface area contributed by atoms with E-state index in [-0.39, 0.29) is 18.3 Å². The van der Waals surface area contributed by atoms with Crippen molar-refractivity contribution in [3.8, 4) is 27.7 Å². The van der Waals surface area contributed by atoms with Crippen molar-refractivity contribution in [2.24, 2.45) is 7.05 Å². The lowest BCUT2D eigenvalue weighted by Crippen LogP contribution is -2.21. The third-order valence-corrected chi connectivity index (χ3v) is 5.27. The molecule has 0 aliphatic heterocycles. The van der Waals surface area contributed by atoms with Gasteiger partial charge in [-0.15, -0.1) is 11.3 Å². The first-order valence-electron chi connectivity index (χ1n) is 9.23. The molecule has 0 fully saturated rings. The lowest BCUT2D eigenvalue weighted by atomic mass is 10.1. The van der Waals surface area contributed by atoms with Crippen LogP contribution in [0.25, 0.3) is 22.0 Å². The molecule has 2 heterocycles. The van der Waals surface area contributed by atoms with Crippen LogP contribution in [0.2, 0.25) is 0 Å². The van der Waals surface area contributed by atoms with E-state index in [1.165, 1.54) is 41.2 Å². The van der Waals surface area contributed by atoms with Crippen LogP contribution in [0.4, 0.5) is 10.2 Å². The summed E-state index contributed by atoms with van der Waals surface area (Å²) in [5, 5.41) is 9.97. The number of benzene rings is 2. The smallest absolute Gasteiger partial charge is 0.263 e. The molecule has 0 saturated carbocycles. The summed E-state index contributed by atoms with van der Waals surface area (Å²) in [6.45, 7) is 1.85. The van der Waals surface area contributed by atoms with Gasteiger partial charge in [0.05, 0.1) is 5.69 Å². The molecular formula is C22H19FN4O2S. The van der Waals surface area contributed by atoms with E-state index in [0.29, 0.717) is 17.3 Å². The maximum absolute atomic E-state index is 12.9. The lowest BCUT2D eigenvalue weighted by Gasteiger charge is -2.07. The van der Waals surface area contributed by atoms with Gasteiger partial charge in [0.1, 0.15) is 28.1 Å². The molecule has 0 aliphatic rings. The van der Waals surface area contributed by atoms with E-state index in [1.54, 1.807) is 17.8 Å². The summed E-state index contributed by atoms with van der Waals surface area (Å²) in [7, 11) is 1.74. The summed E-state index contributed by atoms with van der Waals surface area (Å²) >= 11 is 1.50. The Morgan fingerprint density at radius 1 is 1.13 bits per heavy atom. The number of ether oxygens (including phenoxy) is 1. The van der Waals surface area contributed by atoms with Gasteiger partial charge in [-0.1, -0.05) is 29.8 Å². The van der Waals surface area contributed by atoms with Crippen molar-refractivity contribution in [2.45, 2.75) is 6.92 Å². The van der Waals surface area contributed by atoms with Gasteiger partial charge in [-0.2, -0.15) is 5.10 Å². The molecular weight excluding hydrogens is 403 g/mol. The monoisotopic (exact) mass is 422 g/mol. The minimum atomic E-state index is -0.359. The summed E-state index contributed by atoms with van der Waals surface area (Å²) in [6.07, 6.45) is 0. The van der Waals surface area contributed by atoms with Crippen molar-refractivity contribution in [2.75, 3.05) is 11.9 Å². The highest BCUT2D eigenvalue weighted by molar-refractivity contribution is 7.13. The van der Waals surface area contributed by atoms with E-state index in [4.69, 9.17) is 4.74 Å². The van der Waals surface area contributed by atoms with E-state index in [0.717, 1.165) is 16.3 Å². The van der Waals surface area contributed by atoms with Crippen LogP contribution in [0.15, 0.2) is 60.0 Å². The number of rotatable bonds is 6. The maximum atomic E-state index is 12.9. The zero-order valence-corrected chi connectivity index (χ0v) is 17.2. The SMILES string of the molecule is Cc1ccc(-c2csc(-c3cc(NC(=O)COc4ccc(F)cc4)n(C)n3)n2)cc1. The number of anilines is 1. The van der Waals surface area contributed by atoms with Gasteiger partial charge in [-0.05, 0) is 31.2 Å². The van der Waals surface area contributed by atoms with Crippen LogP contribution in [0.1, 0.15) is 5.56 Å². The van der Waals surface area contributed by atoms with Crippen LogP contribution in [0.3, 0.4) is 0 Å². The molecule has 1 amide bonds. The average molecular weight is 422 g/mol. The first kappa shape index (κ1) is 19.8. The van der Waals surface area contributed by atoms with Gasteiger partial charge < -0.3 is 10.1 Å². The predicted octanol–water partition coefficient (Wildman–Crippen LogP) is 4.68. The molecule has 4 rings (SSSR count). The Morgan fingerprint density at radius 2 is 1.87 bits per heavy atom. The molecule has 2 aromatic carbocycles. The minimum Gasteiger partial charge on any atom is -0.484 e. The van der Waals surface area contributed by atoms with Crippen LogP contribution in [-0.2, 0) is 11.8 Å². The quantitative estimate of drug-likeness (QED) is 0.490. The number of hydrogen-bond donors (Lipinski definition) is 1. The first-order chi connectivity index (χ1) is 14.5. The normalized spacial score (nSPS) is 10.8. The molecule has 4 aromatic rings. The van der Waals surface area contributed by atoms with Crippen LogP contribution in [-0.4, -0.2) is 27.3 Å². The zero-order valence-electron chi connectivity index (χ0n) is 16.4. The summed E-state index contributed by atoms with van der Waals surface area (Å²) in [5.74, 6) is 0.253. The number of aryl methyl sites for hydroxylation is 2. The highest BCUT2D eigenvalue weighted by Crippen LogP contribution is 2.29. The minimum absolute atomic E-state index is 0.193. The second-order valence-corrected chi connectivity index (χ2v) is 7.59. The molecule has 0 bridgehead atoms. The molecule has 2 aromatic heterocycles. The Bertz CT molecular complexity index is 1170. The highest BCUT2D eigenvalue weighted by Gasteiger charge is 2.14. The molecule has 0 atom stereocenters. The van der Waals surface area contributed by atoms with Crippen molar-refractivity contribution in [1.82, 2.24) is 14.8 Å². The van der Waals surface area contributed by atoms with Gasteiger partial charge in [0.15, 0.2) is 6.61 Å². The van der Waals surface area contributed by atoms with E-state index in [2.05, 4.69) is 27.5 Å². The van der Waals surface area contributed by atoms with Crippen molar-refractivity contribution in [3.05, 3.63) is 71.4 Å². The van der Waals surface area contributed by atoms with Crippen molar-refractivity contribution < 1.29 is 13.9 Å². The van der Waals surface area contributed by atoms with Gasteiger partial charge in [0.2, 0.25) is 0 Å². The van der Waals surface area contributed by atoms with Gasteiger partial charge in [-0.25, -0.2) is 9.37 Å². The number of carbonyl (C=O) groups excluding carboxylic acids is 1. The van der Waals surface area contributed by atoms with Crippen molar-refractivity contribution >= 4 is 23.1 Å². The fraction of sp³-hybridized carbons (Fsp3) is 0.136. The van der Waals surface area contributed by atoms with E-state index in [9.17, 15) is 9.18 Å². The molecule has 0 aliphatic carbocycles. The van der Waals surface area contributed by atoms with Crippen LogP contribution in [0.5, 0.6) is 5.75 Å². The second-order valence-electron chi connectivity index (χ2n) is 6.73. The molecule has 6 nitrogen and oxygen atoms in total. The Kier molecular flexibility index (Phi) is 5.58. The second kappa shape index (κ2) is 8.46. The van der Waals surface area contributed by atoms with Gasteiger partial charge in [0.25, 0.3) is 5.91 Å². The third-order valence-electron chi connectivity index (χ3n) is 4.40. The van der Waals surface area contributed by atoms with Crippen LogP contribution < -0.4 is 10.1 Å². The van der Waals surface area contributed by atoms with E-state index >= 15 is 0 Å². The van der Waals surface area contributed by atoms with Gasteiger partial charge in [-0.3, -0.25) is 9.48 Å². The van der Waals surface area contributed by atoms with Crippen molar-refractivity contribution in [1.29, 1.82) is 0 Å². The number of nitrogens with zero attached hydrogens (tertiary/aromatic N) is 3. The number of halogens is 1. The Hall–Kier alpha value is -3.52. The Labute approximate surface area is 177 Å². The molecule has 1 N–H and O–H groups in total. The number of hydrogen-bond acceptors (Lipinski definition) is 5. The fourth-order valence-corrected chi connectivity index (χ4v) is 3.58. The molecule has 0 radical (unpaired) electrons. The number of thiazole rings is 1. The fourth-order valence-electron chi connectivity index (χ4n) is 2.80. The topological polar surface area (TPSA) is 69.0 Å². The van der Waals surface area contributed by atoms with E-state index < -0.39 is 0 Å². The molecule has 0 saturated heterocycles.